The van der Waals surface area contributed by atoms with E-state index in [0.717, 1.165) is 16.3 Å². The van der Waals surface area contributed by atoms with Crippen LogP contribution in [0.1, 0.15) is 11.1 Å². The SMILES string of the molecule is C=CCc1c(F)ccc2cccc(OCc3ccccc3)c12. The minimum absolute atomic E-state index is 0.219. The maximum absolute atomic E-state index is 14.1. The summed E-state index contributed by atoms with van der Waals surface area (Å²) in [5.41, 5.74) is 1.72. The summed E-state index contributed by atoms with van der Waals surface area (Å²) in [7, 11) is 0. The molecular formula is C20H17FO. The van der Waals surface area contributed by atoms with E-state index in [1.54, 1.807) is 12.1 Å². The van der Waals surface area contributed by atoms with Crippen LogP contribution in [0.2, 0.25) is 0 Å². The molecule has 1 nitrogen and oxygen atoms in total. The number of hydrogen-bond donors (Lipinski definition) is 0. The van der Waals surface area contributed by atoms with E-state index in [1.807, 2.05) is 48.5 Å². The zero-order chi connectivity index (χ0) is 15.4. The molecule has 2 heteroatoms. The maximum Gasteiger partial charge on any atom is 0.128 e. The van der Waals surface area contributed by atoms with Crippen molar-refractivity contribution in [1.29, 1.82) is 0 Å². The minimum atomic E-state index is -0.219. The molecule has 0 radical (unpaired) electrons. The molecule has 3 aromatic rings. The quantitative estimate of drug-likeness (QED) is 0.581. The van der Waals surface area contributed by atoms with Gasteiger partial charge >= 0.3 is 0 Å². The summed E-state index contributed by atoms with van der Waals surface area (Å²) < 4.78 is 20.1. The lowest BCUT2D eigenvalue weighted by Gasteiger charge is -2.13. The fourth-order valence-corrected chi connectivity index (χ4v) is 2.59. The van der Waals surface area contributed by atoms with Gasteiger partial charge in [-0.05, 0) is 29.5 Å². The van der Waals surface area contributed by atoms with Crippen LogP contribution in [-0.2, 0) is 13.0 Å². The highest BCUT2D eigenvalue weighted by molar-refractivity contribution is 5.91. The molecule has 22 heavy (non-hydrogen) atoms. The van der Waals surface area contributed by atoms with Gasteiger partial charge in [0.25, 0.3) is 0 Å². The number of hydrogen-bond acceptors (Lipinski definition) is 1. The molecule has 0 aromatic heterocycles. The summed E-state index contributed by atoms with van der Waals surface area (Å²) in [5.74, 6) is 0.487. The Labute approximate surface area is 129 Å². The van der Waals surface area contributed by atoms with Crippen LogP contribution < -0.4 is 4.74 Å². The Bertz CT molecular complexity index is 793. The largest absolute Gasteiger partial charge is 0.488 e. The molecule has 0 saturated carbocycles. The van der Waals surface area contributed by atoms with Crippen LogP contribution in [0, 0.1) is 5.82 Å². The highest BCUT2D eigenvalue weighted by Crippen LogP contribution is 2.31. The molecule has 3 aromatic carbocycles. The lowest BCUT2D eigenvalue weighted by atomic mass is 10.0. The highest BCUT2D eigenvalue weighted by Gasteiger charge is 2.11. The van der Waals surface area contributed by atoms with Crippen molar-refractivity contribution in [3.05, 3.63) is 90.3 Å². The second-order valence-corrected chi connectivity index (χ2v) is 5.15. The first-order chi connectivity index (χ1) is 10.8. The van der Waals surface area contributed by atoms with E-state index in [-0.39, 0.29) is 5.82 Å². The molecule has 110 valence electrons. The average molecular weight is 292 g/mol. The molecular weight excluding hydrogens is 275 g/mol. The first-order valence-corrected chi connectivity index (χ1v) is 7.27. The van der Waals surface area contributed by atoms with Gasteiger partial charge in [0.15, 0.2) is 0 Å². The van der Waals surface area contributed by atoms with Crippen molar-refractivity contribution in [1.82, 2.24) is 0 Å². The van der Waals surface area contributed by atoms with Crippen LogP contribution in [0.25, 0.3) is 10.8 Å². The molecule has 0 bridgehead atoms. The van der Waals surface area contributed by atoms with Crippen LogP contribution in [0.15, 0.2) is 73.3 Å². The van der Waals surface area contributed by atoms with Crippen LogP contribution >= 0.6 is 0 Å². The highest BCUT2D eigenvalue weighted by atomic mass is 19.1. The Morgan fingerprint density at radius 2 is 1.77 bits per heavy atom. The topological polar surface area (TPSA) is 9.23 Å². The summed E-state index contributed by atoms with van der Waals surface area (Å²) in [5, 5.41) is 1.81. The zero-order valence-electron chi connectivity index (χ0n) is 12.3. The zero-order valence-corrected chi connectivity index (χ0v) is 12.3. The molecule has 0 saturated heterocycles. The van der Waals surface area contributed by atoms with Crippen molar-refractivity contribution in [2.75, 3.05) is 0 Å². The molecule has 0 N–H and O–H groups in total. The van der Waals surface area contributed by atoms with Gasteiger partial charge in [-0.15, -0.1) is 6.58 Å². The van der Waals surface area contributed by atoms with E-state index >= 15 is 0 Å². The van der Waals surface area contributed by atoms with Gasteiger partial charge in [-0.25, -0.2) is 4.39 Å². The molecule has 0 aliphatic heterocycles. The predicted octanol–water partition coefficient (Wildman–Crippen LogP) is 5.29. The fraction of sp³-hybridized carbons (Fsp3) is 0.100. The first-order valence-electron chi connectivity index (χ1n) is 7.27. The van der Waals surface area contributed by atoms with Gasteiger partial charge in [0, 0.05) is 10.9 Å². The van der Waals surface area contributed by atoms with Gasteiger partial charge in [-0.3, -0.25) is 0 Å². The predicted molar refractivity (Wildman–Crippen MR) is 88.6 cm³/mol. The third-order valence-corrected chi connectivity index (χ3v) is 3.64. The summed E-state index contributed by atoms with van der Waals surface area (Å²) in [4.78, 5) is 0. The maximum atomic E-state index is 14.1. The number of rotatable bonds is 5. The van der Waals surface area contributed by atoms with Gasteiger partial charge in [-0.2, -0.15) is 0 Å². The van der Waals surface area contributed by atoms with Crippen molar-refractivity contribution in [2.24, 2.45) is 0 Å². The second-order valence-electron chi connectivity index (χ2n) is 5.15. The lowest BCUT2D eigenvalue weighted by molar-refractivity contribution is 0.310. The Hall–Kier alpha value is -2.61. The molecule has 3 rings (SSSR count). The van der Waals surface area contributed by atoms with Crippen LogP contribution in [0.5, 0.6) is 5.75 Å². The molecule has 0 aliphatic carbocycles. The second kappa shape index (κ2) is 6.44. The van der Waals surface area contributed by atoms with Gasteiger partial charge in [0.05, 0.1) is 0 Å². The number of halogens is 1. The first kappa shape index (κ1) is 14.3. The fourth-order valence-electron chi connectivity index (χ4n) is 2.59. The Kier molecular flexibility index (Phi) is 4.19. The third kappa shape index (κ3) is 2.86. The summed E-state index contributed by atoms with van der Waals surface area (Å²) in [6.07, 6.45) is 2.20. The monoisotopic (exact) mass is 292 g/mol. The van der Waals surface area contributed by atoms with Crippen molar-refractivity contribution in [3.63, 3.8) is 0 Å². The normalized spacial score (nSPS) is 10.6. The van der Waals surface area contributed by atoms with E-state index in [0.29, 0.717) is 24.3 Å². The number of allylic oxidation sites excluding steroid dienone is 1. The van der Waals surface area contributed by atoms with Crippen molar-refractivity contribution >= 4 is 10.8 Å². The standard InChI is InChI=1S/C20H17FO/c1-2-7-17-18(21)13-12-16-10-6-11-19(20(16)17)22-14-15-8-4-3-5-9-15/h2-6,8-13H,1,7,14H2. The van der Waals surface area contributed by atoms with E-state index in [4.69, 9.17) is 4.74 Å². The van der Waals surface area contributed by atoms with Gasteiger partial charge < -0.3 is 4.74 Å². The van der Waals surface area contributed by atoms with Gasteiger partial charge in [0.1, 0.15) is 18.2 Å². The average Bonchev–Trinajstić information content (AvgIpc) is 2.56. The van der Waals surface area contributed by atoms with Crippen molar-refractivity contribution in [2.45, 2.75) is 13.0 Å². The summed E-state index contributed by atoms with van der Waals surface area (Å²) in [6.45, 7) is 4.18. The van der Waals surface area contributed by atoms with Gasteiger partial charge in [-0.1, -0.05) is 54.6 Å². The summed E-state index contributed by atoms with van der Waals surface area (Å²) >= 11 is 0. The van der Waals surface area contributed by atoms with E-state index < -0.39 is 0 Å². The lowest BCUT2D eigenvalue weighted by Crippen LogP contribution is -1.98. The molecule has 0 spiro atoms. The molecule has 0 fully saturated rings. The van der Waals surface area contributed by atoms with Crippen LogP contribution in [0.3, 0.4) is 0 Å². The van der Waals surface area contributed by atoms with Crippen molar-refractivity contribution < 1.29 is 9.13 Å². The number of fused-ring (bicyclic) bond motifs is 1. The van der Waals surface area contributed by atoms with Crippen LogP contribution in [0.4, 0.5) is 4.39 Å². The molecule has 0 aliphatic rings. The van der Waals surface area contributed by atoms with E-state index in [2.05, 4.69) is 6.58 Å². The van der Waals surface area contributed by atoms with Crippen LogP contribution in [-0.4, -0.2) is 0 Å². The minimum Gasteiger partial charge on any atom is -0.488 e. The molecule has 0 heterocycles. The number of benzene rings is 3. The Morgan fingerprint density at radius 3 is 2.55 bits per heavy atom. The van der Waals surface area contributed by atoms with E-state index in [9.17, 15) is 4.39 Å². The number of ether oxygens (including phenoxy) is 1. The van der Waals surface area contributed by atoms with Gasteiger partial charge in [0.2, 0.25) is 0 Å². The van der Waals surface area contributed by atoms with E-state index in [1.165, 1.54) is 6.07 Å². The summed E-state index contributed by atoms with van der Waals surface area (Å²) in [6, 6.07) is 19.0. The third-order valence-electron chi connectivity index (χ3n) is 3.64. The van der Waals surface area contributed by atoms with Crippen molar-refractivity contribution in [3.8, 4) is 5.75 Å². The molecule has 0 atom stereocenters. The molecule has 0 amide bonds. The Balaban J connectivity index is 2.01. The Morgan fingerprint density at radius 1 is 0.955 bits per heavy atom. The molecule has 0 unspecified atom stereocenters. The smallest absolute Gasteiger partial charge is 0.128 e.